The Labute approximate surface area is 118 Å². The number of amides is 3. The molecule has 1 saturated carbocycles. The zero-order valence-electron chi connectivity index (χ0n) is 11.4. The van der Waals surface area contributed by atoms with Crippen LogP contribution in [0.1, 0.15) is 38.5 Å². The van der Waals surface area contributed by atoms with Crippen molar-refractivity contribution in [3.8, 4) is 0 Å². The third-order valence-electron chi connectivity index (χ3n) is 4.25. The van der Waals surface area contributed by atoms with Crippen LogP contribution in [-0.4, -0.2) is 17.5 Å². The Kier molecular flexibility index (Phi) is 3.12. The van der Waals surface area contributed by atoms with E-state index in [-0.39, 0.29) is 17.5 Å². The van der Waals surface area contributed by atoms with Crippen molar-refractivity contribution < 1.29 is 9.59 Å². The second-order valence-electron chi connectivity index (χ2n) is 5.77. The van der Waals surface area contributed by atoms with Gasteiger partial charge in [-0.1, -0.05) is 25.3 Å². The Morgan fingerprint density at radius 3 is 2.55 bits per heavy atom. The van der Waals surface area contributed by atoms with E-state index < -0.39 is 0 Å². The maximum absolute atomic E-state index is 12.4. The Bertz CT molecular complexity index is 530. The molecule has 5 heteroatoms. The Morgan fingerprint density at radius 2 is 1.90 bits per heavy atom. The topological polar surface area (TPSA) is 75.4 Å². The van der Waals surface area contributed by atoms with Crippen LogP contribution < -0.4 is 16.0 Å². The fraction of sp³-hybridized carbons (Fsp3) is 0.467. The molecule has 0 atom stereocenters. The monoisotopic (exact) mass is 273 g/mol. The number of nitrogens with one attached hydrogen (secondary N) is 1. The lowest BCUT2D eigenvalue weighted by Gasteiger charge is -2.43. The second kappa shape index (κ2) is 4.81. The molecule has 1 aromatic carbocycles. The predicted octanol–water partition coefficient (Wildman–Crippen LogP) is 2.42. The van der Waals surface area contributed by atoms with Gasteiger partial charge in [0.15, 0.2) is 0 Å². The van der Waals surface area contributed by atoms with E-state index in [0.29, 0.717) is 17.8 Å². The maximum atomic E-state index is 12.4. The summed E-state index contributed by atoms with van der Waals surface area (Å²) < 4.78 is 0. The average molecular weight is 273 g/mol. The van der Waals surface area contributed by atoms with Crippen LogP contribution in [0, 0.1) is 0 Å². The molecular formula is C15H19N3O2. The third kappa shape index (κ3) is 2.24. The van der Waals surface area contributed by atoms with Crippen molar-refractivity contribution in [1.82, 2.24) is 5.32 Å². The van der Waals surface area contributed by atoms with E-state index in [1.54, 1.807) is 24.3 Å². The lowest BCUT2D eigenvalue weighted by atomic mass is 9.78. The van der Waals surface area contributed by atoms with E-state index in [1.165, 1.54) is 11.3 Å². The van der Waals surface area contributed by atoms with Gasteiger partial charge < -0.3 is 11.1 Å². The number of nitrogen functional groups attached to an aromatic ring is 1. The molecule has 1 aromatic rings. The fourth-order valence-electron chi connectivity index (χ4n) is 3.26. The maximum Gasteiger partial charge on any atom is 0.329 e. The first kappa shape index (κ1) is 13.0. The number of anilines is 2. The average Bonchev–Trinajstić information content (AvgIpc) is 2.38. The third-order valence-corrected chi connectivity index (χ3v) is 4.25. The highest BCUT2D eigenvalue weighted by molar-refractivity contribution is 6.16. The number of imide groups is 1. The summed E-state index contributed by atoms with van der Waals surface area (Å²) >= 11 is 0. The van der Waals surface area contributed by atoms with Gasteiger partial charge >= 0.3 is 6.03 Å². The lowest BCUT2D eigenvalue weighted by molar-refractivity contribution is -0.120. The summed E-state index contributed by atoms with van der Waals surface area (Å²) in [5, 5.41) is 3.06. The van der Waals surface area contributed by atoms with Gasteiger partial charge in [-0.2, -0.15) is 0 Å². The first-order valence-corrected chi connectivity index (χ1v) is 7.10. The Hall–Kier alpha value is -2.04. The molecule has 1 aliphatic carbocycles. The summed E-state index contributed by atoms with van der Waals surface area (Å²) in [4.78, 5) is 26.0. The lowest BCUT2D eigenvalue weighted by Crippen LogP contribution is -2.62. The summed E-state index contributed by atoms with van der Waals surface area (Å²) in [5.41, 5.74) is 6.49. The minimum Gasteiger partial charge on any atom is -0.399 e. The largest absolute Gasteiger partial charge is 0.399 e. The molecular weight excluding hydrogens is 254 g/mol. The smallest absolute Gasteiger partial charge is 0.329 e. The molecule has 0 radical (unpaired) electrons. The molecule has 3 N–H and O–H groups in total. The number of rotatable bonds is 1. The first-order valence-electron chi connectivity index (χ1n) is 7.10. The number of hydrogen-bond acceptors (Lipinski definition) is 3. The van der Waals surface area contributed by atoms with E-state index in [9.17, 15) is 9.59 Å². The number of carbonyl (C=O) groups is 2. The summed E-state index contributed by atoms with van der Waals surface area (Å²) in [6.45, 7) is 0. The summed E-state index contributed by atoms with van der Waals surface area (Å²) in [5.74, 6) is -0.138. The van der Waals surface area contributed by atoms with E-state index >= 15 is 0 Å². The van der Waals surface area contributed by atoms with Crippen molar-refractivity contribution >= 4 is 23.3 Å². The molecule has 1 aliphatic heterocycles. The molecule has 3 amide bonds. The van der Waals surface area contributed by atoms with Crippen LogP contribution >= 0.6 is 0 Å². The molecule has 106 valence electrons. The molecule has 0 bridgehead atoms. The number of carbonyl (C=O) groups excluding carboxylic acids is 2. The Balaban J connectivity index is 1.86. The standard InChI is InChI=1S/C15H19N3O2/c16-11-5-4-6-12(9-11)18-13(19)10-15(17-14(18)20)7-2-1-3-8-15/h4-6,9H,1-3,7-8,10,16H2,(H,17,20). The van der Waals surface area contributed by atoms with Gasteiger partial charge in [0.25, 0.3) is 0 Å². The van der Waals surface area contributed by atoms with E-state index in [4.69, 9.17) is 5.73 Å². The summed E-state index contributed by atoms with van der Waals surface area (Å²) in [7, 11) is 0. The van der Waals surface area contributed by atoms with Gasteiger partial charge in [0.1, 0.15) is 0 Å². The van der Waals surface area contributed by atoms with Crippen molar-refractivity contribution in [1.29, 1.82) is 0 Å². The number of nitrogens with zero attached hydrogens (tertiary/aromatic N) is 1. The number of benzene rings is 1. The number of nitrogens with two attached hydrogens (primary N) is 1. The molecule has 1 saturated heterocycles. The van der Waals surface area contributed by atoms with Gasteiger partial charge in [0.2, 0.25) is 5.91 Å². The zero-order valence-corrected chi connectivity index (χ0v) is 11.4. The molecule has 0 aromatic heterocycles. The van der Waals surface area contributed by atoms with Crippen LogP contribution in [0.5, 0.6) is 0 Å². The highest BCUT2D eigenvalue weighted by atomic mass is 16.2. The highest BCUT2D eigenvalue weighted by Gasteiger charge is 2.43. The first-order chi connectivity index (χ1) is 9.60. The van der Waals surface area contributed by atoms with Gasteiger partial charge in [-0.3, -0.25) is 4.79 Å². The number of hydrogen-bond donors (Lipinski definition) is 2. The molecule has 3 rings (SSSR count). The minimum atomic E-state index is -0.325. The molecule has 2 fully saturated rings. The van der Waals surface area contributed by atoms with Crippen molar-refractivity contribution in [3.05, 3.63) is 24.3 Å². The molecule has 1 spiro atoms. The van der Waals surface area contributed by atoms with Crippen LogP contribution in [0.3, 0.4) is 0 Å². The van der Waals surface area contributed by atoms with Crippen molar-refractivity contribution in [2.45, 2.75) is 44.1 Å². The van der Waals surface area contributed by atoms with E-state index in [1.807, 2.05) is 0 Å². The van der Waals surface area contributed by atoms with Crippen LogP contribution in [0.25, 0.3) is 0 Å². The van der Waals surface area contributed by atoms with Crippen LogP contribution in [0.15, 0.2) is 24.3 Å². The fourth-order valence-corrected chi connectivity index (χ4v) is 3.26. The molecule has 20 heavy (non-hydrogen) atoms. The molecule has 0 unspecified atom stereocenters. The van der Waals surface area contributed by atoms with Crippen molar-refractivity contribution in [2.24, 2.45) is 0 Å². The van der Waals surface area contributed by atoms with Crippen molar-refractivity contribution in [2.75, 3.05) is 10.6 Å². The number of urea groups is 1. The van der Waals surface area contributed by atoms with Gasteiger partial charge in [-0.25, -0.2) is 9.69 Å². The predicted molar refractivity (Wildman–Crippen MR) is 77.3 cm³/mol. The van der Waals surface area contributed by atoms with Crippen LogP contribution in [0.4, 0.5) is 16.2 Å². The Morgan fingerprint density at radius 1 is 1.15 bits per heavy atom. The summed E-state index contributed by atoms with van der Waals surface area (Å²) in [6.07, 6.45) is 5.51. The van der Waals surface area contributed by atoms with Gasteiger partial charge in [-0.05, 0) is 31.0 Å². The van der Waals surface area contributed by atoms with Gasteiger partial charge in [0.05, 0.1) is 17.6 Å². The summed E-state index contributed by atoms with van der Waals surface area (Å²) in [6, 6.07) is 6.53. The molecule has 2 aliphatic rings. The quantitative estimate of drug-likeness (QED) is 0.771. The van der Waals surface area contributed by atoms with Crippen LogP contribution in [0.2, 0.25) is 0 Å². The minimum absolute atomic E-state index is 0.138. The zero-order chi connectivity index (χ0) is 14.2. The normalized spacial score (nSPS) is 21.9. The van der Waals surface area contributed by atoms with Gasteiger partial charge in [0, 0.05) is 5.69 Å². The van der Waals surface area contributed by atoms with Crippen molar-refractivity contribution in [3.63, 3.8) is 0 Å². The molecule has 5 nitrogen and oxygen atoms in total. The highest BCUT2D eigenvalue weighted by Crippen LogP contribution is 2.35. The molecule has 1 heterocycles. The van der Waals surface area contributed by atoms with E-state index in [0.717, 1.165) is 25.7 Å². The van der Waals surface area contributed by atoms with Crippen LogP contribution in [-0.2, 0) is 4.79 Å². The van der Waals surface area contributed by atoms with E-state index in [2.05, 4.69) is 5.32 Å². The SMILES string of the molecule is Nc1cccc(N2C(=O)CC3(CCCCC3)NC2=O)c1. The van der Waals surface area contributed by atoms with Gasteiger partial charge in [-0.15, -0.1) is 0 Å². The second-order valence-corrected chi connectivity index (χ2v) is 5.77.